The van der Waals surface area contributed by atoms with E-state index in [1.807, 2.05) is 19.9 Å². The Hall–Kier alpha value is -3.51. The summed E-state index contributed by atoms with van der Waals surface area (Å²) in [6.45, 7) is 4.24. The summed E-state index contributed by atoms with van der Waals surface area (Å²) in [5, 5.41) is 10.6. The molecule has 1 aromatic carbocycles. The number of hydrogen-bond acceptors (Lipinski definition) is 8. The Morgan fingerprint density at radius 2 is 1.81 bits per heavy atom. The third kappa shape index (κ3) is 4.70. The Morgan fingerprint density at radius 3 is 2.41 bits per heavy atom. The van der Waals surface area contributed by atoms with E-state index >= 15 is 0 Å². The van der Waals surface area contributed by atoms with Gasteiger partial charge in [0.15, 0.2) is 29.1 Å². The zero-order chi connectivity index (χ0) is 23.6. The van der Waals surface area contributed by atoms with Crippen LogP contribution >= 0.6 is 0 Å². The average Bonchev–Trinajstić information content (AvgIpc) is 3.20. The van der Waals surface area contributed by atoms with Crippen LogP contribution in [0.4, 0.5) is 5.69 Å². The van der Waals surface area contributed by atoms with Crippen LogP contribution in [0.1, 0.15) is 31.1 Å². The van der Waals surface area contributed by atoms with E-state index in [-0.39, 0.29) is 40.5 Å². The molecule has 0 atom stereocenters. The van der Waals surface area contributed by atoms with Gasteiger partial charge in [0.05, 0.1) is 12.8 Å². The highest BCUT2D eigenvalue weighted by molar-refractivity contribution is 7.89. The van der Waals surface area contributed by atoms with Crippen molar-refractivity contribution in [2.75, 3.05) is 14.1 Å². The number of hydrogen-bond donors (Lipinski definition) is 3. The van der Waals surface area contributed by atoms with Crippen molar-refractivity contribution < 1.29 is 17.9 Å². The number of nitrogens with zero attached hydrogens (tertiary/aromatic N) is 5. The maximum absolute atomic E-state index is 12.5. The Kier molecular flexibility index (Phi) is 6.46. The molecule has 32 heavy (non-hydrogen) atoms. The van der Waals surface area contributed by atoms with E-state index < -0.39 is 15.8 Å². The third-order valence-corrected chi connectivity index (χ3v) is 6.45. The van der Waals surface area contributed by atoms with Gasteiger partial charge in [-0.15, -0.1) is 0 Å². The van der Waals surface area contributed by atoms with Gasteiger partial charge in [0.1, 0.15) is 16.3 Å². The van der Waals surface area contributed by atoms with Crippen molar-refractivity contribution in [2.24, 2.45) is 31.4 Å². The van der Waals surface area contributed by atoms with Gasteiger partial charge in [-0.05, 0) is 29.7 Å². The molecule has 0 unspecified atom stereocenters. The number of aromatic hydroxyl groups is 1. The summed E-state index contributed by atoms with van der Waals surface area (Å²) < 4.78 is 31.4. The lowest BCUT2D eigenvalue weighted by Gasteiger charge is -2.14. The average molecular weight is 460 g/mol. The second-order valence-corrected chi connectivity index (χ2v) is 9.60. The highest BCUT2D eigenvalue weighted by Gasteiger charge is 2.24. The Balaban J connectivity index is 2.02. The molecule has 0 radical (unpaired) electrons. The monoisotopic (exact) mass is 459 g/mol. The lowest BCUT2D eigenvalue weighted by Crippen LogP contribution is -2.37. The summed E-state index contributed by atoms with van der Waals surface area (Å²) in [5.74, 6) is 0.327. The van der Waals surface area contributed by atoms with Crippen molar-refractivity contribution in [3.63, 3.8) is 0 Å². The zero-order valence-electron chi connectivity index (χ0n) is 18.1. The minimum atomic E-state index is -3.89. The number of phenols is 1. The predicted molar refractivity (Wildman–Crippen MR) is 123 cm³/mol. The smallest absolute Gasteiger partial charge is 0.246 e. The summed E-state index contributed by atoms with van der Waals surface area (Å²) in [5.41, 5.74) is 12.6. The molecule has 3 rings (SSSR count). The molecule has 12 heteroatoms. The fourth-order valence-corrected chi connectivity index (χ4v) is 3.67. The molecule has 2 aromatic rings. The summed E-state index contributed by atoms with van der Waals surface area (Å²) >= 11 is 0. The highest BCUT2D eigenvalue weighted by Crippen LogP contribution is 2.34. The Labute approximate surface area is 186 Å². The summed E-state index contributed by atoms with van der Waals surface area (Å²) in [6.07, 6.45) is 1.67. The van der Waals surface area contributed by atoms with Crippen LogP contribution in [0.3, 0.4) is 0 Å². The van der Waals surface area contributed by atoms with Gasteiger partial charge in [0.2, 0.25) is 10.0 Å². The molecule has 1 aromatic heterocycles. The molecule has 1 aliphatic heterocycles. The molecule has 2 heterocycles. The molecule has 11 nitrogen and oxygen atoms in total. The van der Waals surface area contributed by atoms with Gasteiger partial charge in [0, 0.05) is 14.1 Å². The standard InChI is InChI=1S/C20H25N7O4S/c1-11(2)12-8-13(31-10-12)9-23-19-20(26-18(22)17(21)25-19)24-14-6-5-7-15(16(14)28)32(29,30)27(3)4/h5-8,10-11,28H,9H2,1-4H3,(H2,21,23,25)(H2,22,24,26). The minimum Gasteiger partial charge on any atom is -0.504 e. The number of sulfonamides is 1. The second kappa shape index (κ2) is 8.93. The molecule has 0 saturated carbocycles. The first kappa shape index (κ1) is 23.2. The number of aliphatic imine (C=N–C) groups is 4. The van der Waals surface area contributed by atoms with E-state index in [0.29, 0.717) is 11.7 Å². The molecule has 0 fully saturated rings. The first-order chi connectivity index (χ1) is 15.0. The van der Waals surface area contributed by atoms with Crippen molar-refractivity contribution in [1.82, 2.24) is 4.31 Å². The topological polar surface area (TPSA) is 172 Å². The number of furan rings is 1. The second-order valence-electron chi connectivity index (χ2n) is 7.48. The summed E-state index contributed by atoms with van der Waals surface area (Å²) in [6, 6.07) is 6.06. The van der Waals surface area contributed by atoms with E-state index in [2.05, 4.69) is 20.0 Å². The summed E-state index contributed by atoms with van der Waals surface area (Å²) in [7, 11) is -1.17. The molecular weight excluding hydrogens is 434 g/mol. The summed E-state index contributed by atoms with van der Waals surface area (Å²) in [4.78, 5) is 16.6. The third-order valence-electron chi connectivity index (χ3n) is 4.60. The van der Waals surface area contributed by atoms with E-state index in [4.69, 9.17) is 15.9 Å². The fourth-order valence-electron chi connectivity index (χ4n) is 2.68. The number of amidine groups is 4. The minimum absolute atomic E-state index is 0.0259. The molecule has 0 amide bonds. The number of rotatable bonds is 6. The van der Waals surface area contributed by atoms with Crippen LogP contribution in [0.5, 0.6) is 5.75 Å². The fraction of sp³-hybridized carbons (Fsp3) is 0.300. The number of phenolic OH excluding ortho intramolecular Hbond substituents is 1. The van der Waals surface area contributed by atoms with Crippen LogP contribution in [0.25, 0.3) is 0 Å². The molecule has 1 aliphatic rings. The van der Waals surface area contributed by atoms with Gasteiger partial charge in [0.25, 0.3) is 0 Å². The van der Waals surface area contributed by atoms with Gasteiger partial charge in [-0.3, -0.25) is 4.99 Å². The van der Waals surface area contributed by atoms with E-state index in [1.54, 1.807) is 6.26 Å². The van der Waals surface area contributed by atoms with Gasteiger partial charge in [-0.2, -0.15) is 0 Å². The van der Waals surface area contributed by atoms with Crippen LogP contribution in [0.15, 0.2) is 59.8 Å². The van der Waals surface area contributed by atoms with E-state index in [9.17, 15) is 13.5 Å². The zero-order valence-corrected chi connectivity index (χ0v) is 19.0. The lowest BCUT2D eigenvalue weighted by atomic mass is 10.1. The molecule has 0 aliphatic carbocycles. The molecule has 5 N–H and O–H groups in total. The van der Waals surface area contributed by atoms with Crippen LogP contribution in [-0.2, 0) is 16.6 Å². The van der Waals surface area contributed by atoms with Crippen LogP contribution < -0.4 is 11.5 Å². The first-order valence-electron chi connectivity index (χ1n) is 9.64. The predicted octanol–water partition coefficient (Wildman–Crippen LogP) is 1.72. The van der Waals surface area contributed by atoms with Crippen molar-refractivity contribution >= 4 is 39.1 Å². The molecule has 0 saturated heterocycles. The maximum atomic E-state index is 12.5. The number of benzene rings is 1. The van der Waals surface area contributed by atoms with Crippen LogP contribution in [0, 0.1) is 0 Å². The van der Waals surface area contributed by atoms with Gasteiger partial charge >= 0.3 is 0 Å². The number of para-hydroxylation sites is 1. The molecule has 0 bridgehead atoms. The van der Waals surface area contributed by atoms with Crippen LogP contribution in [-0.4, -0.2) is 55.3 Å². The van der Waals surface area contributed by atoms with Crippen molar-refractivity contribution in [2.45, 2.75) is 31.2 Å². The van der Waals surface area contributed by atoms with E-state index in [1.165, 1.54) is 32.3 Å². The van der Waals surface area contributed by atoms with Gasteiger partial charge in [-0.25, -0.2) is 27.7 Å². The van der Waals surface area contributed by atoms with E-state index in [0.717, 1.165) is 9.87 Å². The van der Waals surface area contributed by atoms with Crippen LogP contribution in [0.2, 0.25) is 0 Å². The molecule has 0 spiro atoms. The van der Waals surface area contributed by atoms with Crippen molar-refractivity contribution in [1.29, 1.82) is 0 Å². The van der Waals surface area contributed by atoms with Gasteiger partial charge < -0.3 is 21.0 Å². The molecular formula is C20H25N7O4S. The molecule has 170 valence electrons. The SMILES string of the molecule is CC(C)c1coc(CN=C2N=C(N)C(N)=NC2=Nc2cccc(S(=O)(=O)N(C)C)c2O)c1. The van der Waals surface area contributed by atoms with Gasteiger partial charge in [-0.1, -0.05) is 19.9 Å². The normalized spacial score (nSPS) is 17.3. The highest BCUT2D eigenvalue weighted by atomic mass is 32.2. The van der Waals surface area contributed by atoms with Crippen molar-refractivity contribution in [3.8, 4) is 5.75 Å². The first-order valence-corrected chi connectivity index (χ1v) is 11.1. The Bertz CT molecular complexity index is 1250. The quantitative estimate of drug-likeness (QED) is 0.593. The van der Waals surface area contributed by atoms with Crippen molar-refractivity contribution in [3.05, 3.63) is 41.9 Å². The lowest BCUT2D eigenvalue weighted by molar-refractivity contribution is 0.454. The Morgan fingerprint density at radius 1 is 1.16 bits per heavy atom. The largest absolute Gasteiger partial charge is 0.504 e. The number of nitrogens with two attached hydrogens (primary N) is 2. The maximum Gasteiger partial charge on any atom is 0.246 e.